The van der Waals surface area contributed by atoms with Gasteiger partial charge in [0.15, 0.2) is 0 Å². The zero-order chi connectivity index (χ0) is 12.4. The SMILES string of the molecule is CCOC(=O)c1cnc2cc(F)ccc2c1Br. The molecule has 88 valence electrons. The number of carbonyl (C=O) groups excluding carboxylic acids is 1. The minimum atomic E-state index is -0.446. The number of aromatic nitrogens is 1. The third-order valence-corrected chi connectivity index (χ3v) is 3.12. The molecule has 1 heterocycles. The van der Waals surface area contributed by atoms with Crippen LogP contribution in [0.2, 0.25) is 0 Å². The normalized spacial score (nSPS) is 10.5. The van der Waals surface area contributed by atoms with Crippen molar-refractivity contribution in [3.05, 3.63) is 40.2 Å². The molecule has 0 saturated heterocycles. The van der Waals surface area contributed by atoms with Crippen molar-refractivity contribution < 1.29 is 13.9 Å². The van der Waals surface area contributed by atoms with E-state index in [2.05, 4.69) is 20.9 Å². The summed E-state index contributed by atoms with van der Waals surface area (Å²) < 4.78 is 18.5. The van der Waals surface area contributed by atoms with Crippen LogP contribution in [0.25, 0.3) is 10.9 Å². The van der Waals surface area contributed by atoms with Crippen LogP contribution in [-0.4, -0.2) is 17.6 Å². The second kappa shape index (κ2) is 4.79. The van der Waals surface area contributed by atoms with Gasteiger partial charge in [-0.1, -0.05) is 0 Å². The molecule has 2 aromatic rings. The molecule has 0 amide bonds. The lowest BCUT2D eigenvalue weighted by Crippen LogP contribution is -2.06. The number of fused-ring (bicyclic) bond motifs is 1. The molecule has 17 heavy (non-hydrogen) atoms. The maximum Gasteiger partial charge on any atom is 0.340 e. The molecule has 0 spiro atoms. The molecule has 0 radical (unpaired) electrons. The summed E-state index contributed by atoms with van der Waals surface area (Å²) in [5.41, 5.74) is 0.830. The van der Waals surface area contributed by atoms with Crippen molar-refractivity contribution in [2.75, 3.05) is 6.61 Å². The molecule has 1 aromatic heterocycles. The minimum absolute atomic E-state index is 0.298. The highest BCUT2D eigenvalue weighted by Gasteiger charge is 2.14. The molecular weight excluding hydrogens is 289 g/mol. The molecule has 3 nitrogen and oxygen atoms in total. The molecule has 0 atom stereocenters. The van der Waals surface area contributed by atoms with Crippen molar-refractivity contribution in [1.82, 2.24) is 4.98 Å². The number of pyridine rings is 1. The number of rotatable bonds is 2. The van der Waals surface area contributed by atoms with Crippen LogP contribution in [-0.2, 0) is 4.74 Å². The zero-order valence-corrected chi connectivity index (χ0v) is 10.6. The summed E-state index contributed by atoms with van der Waals surface area (Å²) in [4.78, 5) is 15.6. The molecule has 0 aliphatic heterocycles. The van der Waals surface area contributed by atoms with Gasteiger partial charge in [-0.3, -0.25) is 4.98 Å². The van der Waals surface area contributed by atoms with Gasteiger partial charge in [-0.25, -0.2) is 9.18 Å². The fraction of sp³-hybridized carbons (Fsp3) is 0.167. The summed E-state index contributed by atoms with van der Waals surface area (Å²) in [5, 5.41) is 0.678. The second-order valence-corrected chi connectivity index (χ2v) is 4.16. The Labute approximate surface area is 106 Å². The molecule has 0 bridgehead atoms. The van der Waals surface area contributed by atoms with Gasteiger partial charge in [0.1, 0.15) is 5.82 Å². The number of hydrogen-bond donors (Lipinski definition) is 0. The summed E-state index contributed by atoms with van der Waals surface area (Å²) in [6.45, 7) is 2.03. The minimum Gasteiger partial charge on any atom is -0.462 e. The second-order valence-electron chi connectivity index (χ2n) is 3.37. The predicted octanol–water partition coefficient (Wildman–Crippen LogP) is 3.31. The molecule has 0 saturated carbocycles. The Bertz CT molecular complexity index is 586. The van der Waals surface area contributed by atoms with E-state index in [-0.39, 0.29) is 5.82 Å². The zero-order valence-electron chi connectivity index (χ0n) is 9.04. The van der Waals surface area contributed by atoms with Crippen molar-refractivity contribution in [3.8, 4) is 0 Å². The summed E-state index contributed by atoms with van der Waals surface area (Å²) in [6.07, 6.45) is 1.38. The van der Waals surface area contributed by atoms with Crippen LogP contribution in [0.5, 0.6) is 0 Å². The Morgan fingerprint density at radius 1 is 1.53 bits per heavy atom. The van der Waals surface area contributed by atoms with Crippen LogP contribution in [0.3, 0.4) is 0 Å². The van der Waals surface area contributed by atoms with Gasteiger partial charge in [0.05, 0.1) is 17.7 Å². The fourth-order valence-electron chi connectivity index (χ4n) is 1.48. The smallest absolute Gasteiger partial charge is 0.340 e. The summed E-state index contributed by atoms with van der Waals surface area (Å²) >= 11 is 3.31. The number of benzene rings is 1. The Morgan fingerprint density at radius 3 is 3.00 bits per heavy atom. The van der Waals surface area contributed by atoms with Gasteiger partial charge in [-0.15, -0.1) is 0 Å². The lowest BCUT2D eigenvalue weighted by atomic mass is 10.1. The van der Waals surface area contributed by atoms with Gasteiger partial charge in [0, 0.05) is 22.1 Å². The number of hydrogen-bond acceptors (Lipinski definition) is 3. The first-order valence-electron chi connectivity index (χ1n) is 5.04. The molecule has 0 aliphatic carbocycles. The number of nitrogens with zero attached hydrogens (tertiary/aromatic N) is 1. The van der Waals surface area contributed by atoms with E-state index >= 15 is 0 Å². The van der Waals surface area contributed by atoms with E-state index in [1.807, 2.05) is 0 Å². The topological polar surface area (TPSA) is 39.2 Å². The highest BCUT2D eigenvalue weighted by molar-refractivity contribution is 9.10. The van der Waals surface area contributed by atoms with Crippen molar-refractivity contribution in [2.24, 2.45) is 0 Å². The molecule has 0 fully saturated rings. The third-order valence-electron chi connectivity index (χ3n) is 2.26. The number of halogens is 2. The van der Waals surface area contributed by atoms with Crippen LogP contribution in [0.15, 0.2) is 28.9 Å². The van der Waals surface area contributed by atoms with E-state index in [0.717, 1.165) is 0 Å². The van der Waals surface area contributed by atoms with Crippen molar-refractivity contribution in [2.45, 2.75) is 6.92 Å². The molecule has 0 N–H and O–H groups in total. The van der Waals surface area contributed by atoms with Crippen LogP contribution in [0.1, 0.15) is 17.3 Å². The van der Waals surface area contributed by atoms with Gasteiger partial charge in [0.2, 0.25) is 0 Å². The first-order chi connectivity index (χ1) is 8.13. The molecule has 5 heteroatoms. The number of ether oxygens (including phenoxy) is 1. The van der Waals surface area contributed by atoms with Crippen molar-refractivity contribution in [3.63, 3.8) is 0 Å². The molecule has 0 aliphatic rings. The summed E-state index contributed by atoms with van der Waals surface area (Å²) in [7, 11) is 0. The quantitative estimate of drug-likeness (QED) is 0.798. The number of carbonyl (C=O) groups is 1. The van der Waals surface area contributed by atoms with E-state index in [0.29, 0.717) is 27.5 Å². The van der Waals surface area contributed by atoms with Gasteiger partial charge < -0.3 is 4.74 Å². The maximum atomic E-state index is 13.0. The first kappa shape index (κ1) is 12.0. The molecule has 1 aromatic carbocycles. The van der Waals surface area contributed by atoms with E-state index in [1.165, 1.54) is 18.3 Å². The Morgan fingerprint density at radius 2 is 2.29 bits per heavy atom. The average Bonchev–Trinajstić information content (AvgIpc) is 2.29. The summed E-state index contributed by atoms with van der Waals surface area (Å²) in [5.74, 6) is -0.807. The highest BCUT2D eigenvalue weighted by Crippen LogP contribution is 2.27. The van der Waals surface area contributed by atoms with Gasteiger partial charge in [0.25, 0.3) is 0 Å². The number of esters is 1. The molecular formula is C12H9BrFNO2. The lowest BCUT2D eigenvalue weighted by molar-refractivity contribution is 0.0525. The predicted molar refractivity (Wildman–Crippen MR) is 65.4 cm³/mol. The van der Waals surface area contributed by atoms with Crippen LogP contribution >= 0.6 is 15.9 Å². The standard InChI is InChI=1S/C12H9BrFNO2/c1-2-17-12(16)9-6-15-10-5-7(14)3-4-8(10)11(9)13/h3-6H,2H2,1H3. The Kier molecular flexibility index (Phi) is 3.38. The Hall–Kier alpha value is -1.49. The van der Waals surface area contributed by atoms with E-state index in [4.69, 9.17) is 4.74 Å². The van der Waals surface area contributed by atoms with E-state index < -0.39 is 5.97 Å². The van der Waals surface area contributed by atoms with E-state index in [1.54, 1.807) is 13.0 Å². The lowest BCUT2D eigenvalue weighted by Gasteiger charge is -2.06. The van der Waals surface area contributed by atoms with Crippen LogP contribution in [0.4, 0.5) is 4.39 Å². The van der Waals surface area contributed by atoms with Gasteiger partial charge in [-0.2, -0.15) is 0 Å². The van der Waals surface area contributed by atoms with Gasteiger partial charge >= 0.3 is 5.97 Å². The van der Waals surface area contributed by atoms with Gasteiger partial charge in [-0.05, 0) is 35.0 Å². The monoisotopic (exact) mass is 297 g/mol. The molecule has 2 rings (SSSR count). The average molecular weight is 298 g/mol. The highest BCUT2D eigenvalue weighted by atomic mass is 79.9. The van der Waals surface area contributed by atoms with Crippen molar-refractivity contribution in [1.29, 1.82) is 0 Å². The Balaban J connectivity index is 2.58. The molecule has 0 unspecified atom stereocenters. The van der Waals surface area contributed by atoms with E-state index in [9.17, 15) is 9.18 Å². The largest absolute Gasteiger partial charge is 0.462 e. The van der Waals surface area contributed by atoms with Crippen LogP contribution in [0, 0.1) is 5.82 Å². The maximum absolute atomic E-state index is 13.0. The third kappa shape index (κ3) is 2.29. The summed E-state index contributed by atoms with van der Waals surface area (Å²) in [6, 6.07) is 4.21. The fourth-order valence-corrected chi connectivity index (χ4v) is 2.08. The first-order valence-corrected chi connectivity index (χ1v) is 5.83. The van der Waals surface area contributed by atoms with Crippen molar-refractivity contribution >= 4 is 32.8 Å². The van der Waals surface area contributed by atoms with Crippen LogP contribution < -0.4 is 0 Å².